The van der Waals surface area contributed by atoms with Crippen LogP contribution in [0.1, 0.15) is 29.8 Å². The third-order valence-corrected chi connectivity index (χ3v) is 3.70. The van der Waals surface area contributed by atoms with Crippen molar-refractivity contribution in [2.75, 3.05) is 4.90 Å². The number of allylic oxidation sites excluding steroid dienone is 1. The van der Waals surface area contributed by atoms with Crippen LogP contribution in [0.15, 0.2) is 66.2 Å². The molecule has 0 radical (unpaired) electrons. The van der Waals surface area contributed by atoms with Crippen LogP contribution in [0.5, 0.6) is 0 Å². The Morgan fingerprint density at radius 1 is 0.875 bits per heavy atom. The van der Waals surface area contributed by atoms with Crippen LogP contribution in [0.3, 0.4) is 0 Å². The Hall–Kier alpha value is -3.01. The van der Waals surface area contributed by atoms with Crippen LogP contribution in [0, 0.1) is 6.92 Å². The lowest BCUT2D eigenvalue weighted by molar-refractivity contribution is -0.122. The normalized spacial score (nSPS) is 11.0. The van der Waals surface area contributed by atoms with Crippen molar-refractivity contribution < 1.29 is 14.4 Å². The van der Waals surface area contributed by atoms with Gasteiger partial charge in [-0.1, -0.05) is 54.1 Å². The van der Waals surface area contributed by atoms with Crippen LogP contribution in [-0.2, 0) is 9.59 Å². The van der Waals surface area contributed by atoms with Gasteiger partial charge in [0.2, 0.25) is 0 Å². The molecule has 0 saturated heterocycles. The molecule has 2 rings (SSSR count). The number of nitrogens with zero attached hydrogens (tertiary/aromatic N) is 1. The van der Waals surface area contributed by atoms with Crippen molar-refractivity contribution in [1.29, 1.82) is 0 Å². The zero-order valence-electron chi connectivity index (χ0n) is 13.9. The van der Waals surface area contributed by atoms with Crippen LogP contribution in [-0.4, -0.2) is 17.6 Å². The number of aryl methyl sites for hydroxylation is 1. The largest absolute Gasteiger partial charge is 0.306 e. The monoisotopic (exact) mass is 321 g/mol. The van der Waals surface area contributed by atoms with Crippen molar-refractivity contribution in [3.63, 3.8) is 0 Å². The fraction of sp³-hybridized carbons (Fsp3) is 0.150. The number of hydrogen-bond acceptors (Lipinski definition) is 3. The molecule has 0 aromatic heterocycles. The summed E-state index contributed by atoms with van der Waals surface area (Å²) in [6, 6.07) is 15.1. The van der Waals surface area contributed by atoms with Crippen LogP contribution in [0.4, 0.5) is 5.69 Å². The molecule has 0 saturated carbocycles. The van der Waals surface area contributed by atoms with Crippen molar-refractivity contribution >= 4 is 23.3 Å². The van der Waals surface area contributed by atoms with Crippen LogP contribution >= 0.6 is 0 Å². The van der Waals surface area contributed by atoms with E-state index in [0.717, 1.165) is 10.5 Å². The molecule has 4 heteroatoms. The Kier molecular flexibility index (Phi) is 5.42. The molecule has 0 unspecified atom stereocenters. The number of benzene rings is 2. The number of ketones is 1. The Bertz CT molecular complexity index is 789. The quantitative estimate of drug-likeness (QED) is 0.490. The zero-order chi connectivity index (χ0) is 17.7. The van der Waals surface area contributed by atoms with Gasteiger partial charge in [0.05, 0.1) is 5.69 Å². The summed E-state index contributed by atoms with van der Waals surface area (Å²) in [5.74, 6) is -2.08. The van der Waals surface area contributed by atoms with Gasteiger partial charge in [0.1, 0.15) is 0 Å². The van der Waals surface area contributed by atoms with E-state index in [1.165, 1.54) is 0 Å². The molecule has 2 amide bonds. The van der Waals surface area contributed by atoms with Crippen LogP contribution < -0.4 is 4.90 Å². The molecular weight excluding hydrogens is 302 g/mol. The van der Waals surface area contributed by atoms with Crippen molar-refractivity contribution in [3.8, 4) is 0 Å². The summed E-state index contributed by atoms with van der Waals surface area (Å²) >= 11 is 0. The highest BCUT2D eigenvalue weighted by Gasteiger charge is 2.30. The second kappa shape index (κ2) is 7.51. The lowest BCUT2D eigenvalue weighted by Crippen LogP contribution is -2.42. The van der Waals surface area contributed by atoms with E-state index >= 15 is 0 Å². The van der Waals surface area contributed by atoms with Gasteiger partial charge in [-0.05, 0) is 32.9 Å². The van der Waals surface area contributed by atoms with Gasteiger partial charge in [0.25, 0.3) is 11.7 Å². The van der Waals surface area contributed by atoms with Crippen LogP contribution in [0.2, 0.25) is 0 Å². The Balaban J connectivity index is 2.45. The Morgan fingerprint density at radius 3 is 2.00 bits per heavy atom. The van der Waals surface area contributed by atoms with E-state index in [4.69, 9.17) is 0 Å². The summed E-state index contributed by atoms with van der Waals surface area (Å²) < 4.78 is 0. The third kappa shape index (κ3) is 3.66. The predicted molar refractivity (Wildman–Crippen MR) is 93.9 cm³/mol. The Morgan fingerprint density at radius 2 is 1.46 bits per heavy atom. The highest BCUT2D eigenvalue weighted by molar-refractivity contribution is 6.51. The molecule has 0 heterocycles. The van der Waals surface area contributed by atoms with Gasteiger partial charge < -0.3 is 0 Å². The first-order valence-electron chi connectivity index (χ1n) is 7.63. The second-order valence-electron chi connectivity index (χ2n) is 5.45. The minimum Gasteiger partial charge on any atom is -0.283 e. The Labute approximate surface area is 141 Å². The third-order valence-electron chi connectivity index (χ3n) is 3.70. The maximum Gasteiger partial charge on any atom is 0.306 e. The van der Waals surface area contributed by atoms with E-state index in [1.54, 1.807) is 74.5 Å². The van der Waals surface area contributed by atoms with Gasteiger partial charge in [-0.25, -0.2) is 4.90 Å². The summed E-state index contributed by atoms with van der Waals surface area (Å²) in [5.41, 5.74) is 2.02. The van der Waals surface area contributed by atoms with Gasteiger partial charge in [0, 0.05) is 11.1 Å². The number of anilines is 1. The number of carbonyl (C=O) groups is 3. The SMILES string of the molecule is C/C=C(\C)C(=O)N(C(=O)C(=O)c1ccccc1)c1ccc(C)cc1. The summed E-state index contributed by atoms with van der Waals surface area (Å²) in [7, 11) is 0. The fourth-order valence-electron chi connectivity index (χ4n) is 2.13. The summed E-state index contributed by atoms with van der Waals surface area (Å²) in [4.78, 5) is 38.8. The molecule has 0 fully saturated rings. The average molecular weight is 321 g/mol. The van der Waals surface area contributed by atoms with Gasteiger partial charge in [-0.2, -0.15) is 0 Å². The standard InChI is InChI=1S/C20H19NO3/c1-4-15(3)19(23)21(17-12-10-14(2)11-13-17)20(24)18(22)16-8-6-5-7-9-16/h4-13H,1-3H3/b15-4+. The van der Waals surface area contributed by atoms with E-state index in [0.29, 0.717) is 11.3 Å². The lowest BCUT2D eigenvalue weighted by Gasteiger charge is -2.21. The number of amides is 2. The van der Waals surface area contributed by atoms with Gasteiger partial charge in [-0.3, -0.25) is 14.4 Å². The van der Waals surface area contributed by atoms with Gasteiger partial charge in [-0.15, -0.1) is 0 Å². The van der Waals surface area contributed by atoms with Gasteiger partial charge in [0.15, 0.2) is 0 Å². The zero-order valence-corrected chi connectivity index (χ0v) is 13.9. The summed E-state index contributed by atoms with van der Waals surface area (Å²) in [6.45, 7) is 5.23. The molecule has 2 aromatic rings. The smallest absolute Gasteiger partial charge is 0.283 e. The average Bonchev–Trinajstić information content (AvgIpc) is 2.62. The molecule has 24 heavy (non-hydrogen) atoms. The van der Waals surface area contributed by atoms with E-state index in [-0.39, 0.29) is 5.56 Å². The lowest BCUT2D eigenvalue weighted by atomic mass is 10.1. The van der Waals surface area contributed by atoms with E-state index < -0.39 is 17.6 Å². The topological polar surface area (TPSA) is 54.5 Å². The maximum absolute atomic E-state index is 12.7. The van der Waals surface area contributed by atoms with E-state index in [2.05, 4.69) is 0 Å². The van der Waals surface area contributed by atoms with Crippen molar-refractivity contribution in [2.45, 2.75) is 20.8 Å². The molecule has 0 aliphatic rings. The molecule has 4 nitrogen and oxygen atoms in total. The highest BCUT2D eigenvalue weighted by Crippen LogP contribution is 2.19. The van der Waals surface area contributed by atoms with Crippen molar-refractivity contribution in [3.05, 3.63) is 77.4 Å². The number of imide groups is 1. The number of Topliss-reactive ketones (excluding diaryl/α,β-unsaturated/α-hetero) is 1. The fourth-order valence-corrected chi connectivity index (χ4v) is 2.13. The number of rotatable bonds is 4. The second-order valence-corrected chi connectivity index (χ2v) is 5.45. The molecule has 0 N–H and O–H groups in total. The molecule has 0 spiro atoms. The minimum absolute atomic E-state index is 0.255. The maximum atomic E-state index is 12.7. The first-order valence-corrected chi connectivity index (χ1v) is 7.63. The first kappa shape index (κ1) is 17.3. The predicted octanol–water partition coefficient (Wildman–Crippen LogP) is 3.70. The van der Waals surface area contributed by atoms with Crippen molar-refractivity contribution in [2.24, 2.45) is 0 Å². The summed E-state index contributed by atoms with van der Waals surface area (Å²) in [6.07, 6.45) is 1.61. The van der Waals surface area contributed by atoms with E-state index in [9.17, 15) is 14.4 Å². The molecular formula is C20H19NO3. The van der Waals surface area contributed by atoms with Crippen LogP contribution in [0.25, 0.3) is 0 Å². The van der Waals surface area contributed by atoms with E-state index in [1.807, 2.05) is 6.92 Å². The molecule has 0 bridgehead atoms. The number of hydrogen-bond donors (Lipinski definition) is 0. The van der Waals surface area contributed by atoms with Gasteiger partial charge >= 0.3 is 5.91 Å². The molecule has 0 atom stereocenters. The highest BCUT2D eigenvalue weighted by atomic mass is 16.2. The molecule has 0 aliphatic carbocycles. The minimum atomic E-state index is -0.865. The molecule has 122 valence electrons. The molecule has 2 aromatic carbocycles. The number of carbonyl (C=O) groups excluding carboxylic acids is 3. The first-order chi connectivity index (χ1) is 11.5. The molecule has 0 aliphatic heterocycles. The van der Waals surface area contributed by atoms with Crippen molar-refractivity contribution in [1.82, 2.24) is 0 Å². The summed E-state index contributed by atoms with van der Waals surface area (Å²) in [5, 5.41) is 0.